The van der Waals surface area contributed by atoms with Crippen LogP contribution in [0.1, 0.15) is 46.5 Å². The normalized spacial score (nSPS) is 39.1. The lowest BCUT2D eigenvalue weighted by atomic mass is 9.59. The van der Waals surface area contributed by atoms with Crippen LogP contribution >= 0.6 is 0 Å². The average Bonchev–Trinajstić information content (AvgIpc) is 2.03. The highest BCUT2D eigenvalue weighted by Gasteiger charge is 2.44. The maximum atomic E-state index is 2.51. The third-order valence-electron chi connectivity index (χ3n) is 3.89. The molecule has 1 fully saturated rings. The molecule has 1 aliphatic carbocycles. The molecule has 74 valence electrons. The minimum atomic E-state index is 0.704. The van der Waals surface area contributed by atoms with E-state index in [2.05, 4.69) is 31.6 Å². The first kappa shape index (κ1) is 9.23. The lowest BCUT2D eigenvalue weighted by molar-refractivity contribution is -0.563. The molecule has 0 saturated heterocycles. The van der Waals surface area contributed by atoms with E-state index in [-0.39, 0.29) is 0 Å². The van der Waals surface area contributed by atoms with Crippen LogP contribution in [0, 0.1) is 11.3 Å². The SMILES string of the molecule is CC1CC2(CC=[N+](C(C)C)CC2)C1. The van der Waals surface area contributed by atoms with Crippen molar-refractivity contribution in [2.24, 2.45) is 11.3 Å². The Bertz CT molecular complexity index is 221. The largest absolute Gasteiger partial charge is 0.237 e. The summed E-state index contributed by atoms with van der Waals surface area (Å²) in [7, 11) is 0. The summed E-state index contributed by atoms with van der Waals surface area (Å²) in [6.07, 6.45) is 8.20. The van der Waals surface area contributed by atoms with E-state index in [1.165, 1.54) is 32.2 Å². The summed E-state index contributed by atoms with van der Waals surface area (Å²) in [5.74, 6) is 0.999. The number of nitrogens with zero attached hydrogens (tertiary/aromatic N) is 1. The molecule has 0 radical (unpaired) electrons. The van der Waals surface area contributed by atoms with Gasteiger partial charge in [0.15, 0.2) is 0 Å². The maximum absolute atomic E-state index is 2.51. The molecule has 1 nitrogen and oxygen atoms in total. The summed E-state index contributed by atoms with van der Waals surface area (Å²) in [5.41, 5.74) is 0.741. The Kier molecular flexibility index (Phi) is 2.21. The van der Waals surface area contributed by atoms with Gasteiger partial charge in [-0.05, 0) is 38.0 Å². The van der Waals surface area contributed by atoms with Gasteiger partial charge in [-0.15, -0.1) is 0 Å². The molecule has 0 amide bonds. The Hall–Kier alpha value is -0.330. The van der Waals surface area contributed by atoms with Gasteiger partial charge in [-0.1, -0.05) is 6.92 Å². The zero-order valence-corrected chi connectivity index (χ0v) is 9.21. The van der Waals surface area contributed by atoms with E-state index in [9.17, 15) is 0 Å². The summed E-state index contributed by atoms with van der Waals surface area (Å²) in [5, 5.41) is 0. The van der Waals surface area contributed by atoms with Gasteiger partial charge in [0.25, 0.3) is 0 Å². The van der Waals surface area contributed by atoms with Crippen molar-refractivity contribution in [1.29, 1.82) is 0 Å². The van der Waals surface area contributed by atoms with Gasteiger partial charge < -0.3 is 0 Å². The van der Waals surface area contributed by atoms with Crippen LogP contribution in [-0.2, 0) is 0 Å². The van der Waals surface area contributed by atoms with E-state index in [4.69, 9.17) is 0 Å². The molecule has 0 aromatic carbocycles. The minimum absolute atomic E-state index is 0.704. The number of hydrogen-bond acceptors (Lipinski definition) is 0. The lowest BCUT2D eigenvalue weighted by Gasteiger charge is -2.46. The zero-order chi connectivity index (χ0) is 9.47. The Morgan fingerprint density at radius 3 is 2.46 bits per heavy atom. The molecular formula is C12H22N+. The van der Waals surface area contributed by atoms with Crippen LogP contribution in [0.5, 0.6) is 0 Å². The van der Waals surface area contributed by atoms with Crippen molar-refractivity contribution < 1.29 is 4.58 Å². The second-order valence-electron chi connectivity index (χ2n) is 5.48. The number of hydrogen-bond donors (Lipinski definition) is 0. The van der Waals surface area contributed by atoms with Crippen molar-refractivity contribution >= 4 is 6.21 Å². The number of rotatable bonds is 1. The fraction of sp³-hybridized carbons (Fsp3) is 0.917. The van der Waals surface area contributed by atoms with Gasteiger partial charge in [-0.3, -0.25) is 0 Å². The molecule has 1 saturated carbocycles. The average molecular weight is 180 g/mol. The Balaban J connectivity index is 1.96. The molecule has 1 aliphatic heterocycles. The van der Waals surface area contributed by atoms with Crippen molar-refractivity contribution in [3.05, 3.63) is 0 Å². The first-order valence-electron chi connectivity index (χ1n) is 5.70. The predicted octanol–water partition coefficient (Wildman–Crippen LogP) is 2.69. The quantitative estimate of drug-likeness (QED) is 0.546. The summed E-state index contributed by atoms with van der Waals surface area (Å²) in [4.78, 5) is 0. The second-order valence-corrected chi connectivity index (χ2v) is 5.48. The van der Waals surface area contributed by atoms with E-state index >= 15 is 0 Å². The van der Waals surface area contributed by atoms with E-state index in [1.807, 2.05) is 0 Å². The van der Waals surface area contributed by atoms with Gasteiger partial charge in [-0.25, -0.2) is 4.58 Å². The van der Waals surface area contributed by atoms with Crippen LogP contribution in [-0.4, -0.2) is 23.4 Å². The Morgan fingerprint density at radius 1 is 1.38 bits per heavy atom. The smallest absolute Gasteiger partial charge is 0.146 e. The molecular weight excluding hydrogens is 158 g/mol. The molecule has 2 rings (SSSR count). The zero-order valence-electron chi connectivity index (χ0n) is 9.21. The highest BCUT2D eigenvalue weighted by atomic mass is 15.0. The van der Waals surface area contributed by atoms with Gasteiger partial charge >= 0.3 is 0 Å². The Morgan fingerprint density at radius 2 is 2.08 bits per heavy atom. The topological polar surface area (TPSA) is 3.01 Å². The van der Waals surface area contributed by atoms with Crippen LogP contribution in [0.2, 0.25) is 0 Å². The van der Waals surface area contributed by atoms with Crippen LogP contribution in [0.15, 0.2) is 0 Å². The van der Waals surface area contributed by atoms with Crippen LogP contribution in [0.4, 0.5) is 0 Å². The van der Waals surface area contributed by atoms with Crippen LogP contribution in [0.25, 0.3) is 0 Å². The van der Waals surface area contributed by atoms with Gasteiger partial charge in [-0.2, -0.15) is 0 Å². The van der Waals surface area contributed by atoms with E-state index in [0.29, 0.717) is 6.04 Å². The lowest BCUT2D eigenvalue weighted by Crippen LogP contribution is -2.43. The monoisotopic (exact) mass is 180 g/mol. The highest BCUT2D eigenvalue weighted by Crippen LogP contribution is 2.51. The summed E-state index contributed by atoms with van der Waals surface area (Å²) in [6.45, 7) is 8.26. The molecule has 0 unspecified atom stereocenters. The van der Waals surface area contributed by atoms with Crippen molar-refractivity contribution in [1.82, 2.24) is 0 Å². The summed E-state index contributed by atoms with van der Waals surface area (Å²) >= 11 is 0. The van der Waals surface area contributed by atoms with Crippen molar-refractivity contribution in [2.75, 3.05) is 6.54 Å². The first-order valence-corrected chi connectivity index (χ1v) is 5.70. The molecule has 1 heteroatoms. The fourth-order valence-electron chi connectivity index (χ4n) is 3.13. The van der Waals surface area contributed by atoms with Gasteiger partial charge in [0.05, 0.1) is 0 Å². The van der Waals surface area contributed by atoms with Gasteiger partial charge in [0.2, 0.25) is 0 Å². The minimum Gasteiger partial charge on any atom is -0.237 e. The standard InChI is InChI=1S/C12H22N/c1-10(2)13-6-4-12(5-7-13)8-11(3)9-12/h6,10-11H,4-5,7-9H2,1-3H3/q+1. The van der Waals surface area contributed by atoms with Gasteiger partial charge in [0.1, 0.15) is 18.8 Å². The van der Waals surface area contributed by atoms with Crippen molar-refractivity contribution in [2.45, 2.75) is 52.5 Å². The van der Waals surface area contributed by atoms with Crippen molar-refractivity contribution in [3.8, 4) is 0 Å². The van der Waals surface area contributed by atoms with Crippen molar-refractivity contribution in [3.63, 3.8) is 0 Å². The molecule has 0 atom stereocenters. The van der Waals surface area contributed by atoms with Crippen LogP contribution in [0.3, 0.4) is 0 Å². The molecule has 0 aromatic heterocycles. The van der Waals surface area contributed by atoms with Crippen LogP contribution < -0.4 is 0 Å². The molecule has 1 spiro atoms. The molecule has 1 heterocycles. The van der Waals surface area contributed by atoms with E-state index in [1.54, 1.807) is 0 Å². The molecule has 13 heavy (non-hydrogen) atoms. The maximum Gasteiger partial charge on any atom is 0.146 e. The molecule has 2 aliphatic rings. The predicted molar refractivity (Wildman–Crippen MR) is 56.4 cm³/mol. The fourth-order valence-corrected chi connectivity index (χ4v) is 3.13. The summed E-state index contributed by atoms with van der Waals surface area (Å²) in [6, 6.07) is 0.704. The Labute approximate surface area is 81.8 Å². The highest BCUT2D eigenvalue weighted by molar-refractivity contribution is 5.53. The first-order chi connectivity index (χ1) is 6.11. The summed E-state index contributed by atoms with van der Waals surface area (Å²) < 4.78 is 2.51. The molecule has 0 bridgehead atoms. The molecule has 0 N–H and O–H groups in total. The molecule has 0 aromatic rings. The van der Waals surface area contributed by atoms with E-state index in [0.717, 1.165) is 11.3 Å². The third-order valence-corrected chi connectivity index (χ3v) is 3.89. The third kappa shape index (κ3) is 1.66. The van der Waals surface area contributed by atoms with E-state index < -0.39 is 0 Å². The second kappa shape index (κ2) is 3.11. The van der Waals surface area contributed by atoms with Gasteiger partial charge in [0, 0.05) is 12.8 Å².